The summed E-state index contributed by atoms with van der Waals surface area (Å²) >= 11 is 0. The quantitative estimate of drug-likeness (QED) is 0.463. The summed E-state index contributed by atoms with van der Waals surface area (Å²) in [6.45, 7) is 0.101. The van der Waals surface area contributed by atoms with E-state index < -0.39 is 25.8 Å². The van der Waals surface area contributed by atoms with E-state index in [1.807, 2.05) is 0 Å². The van der Waals surface area contributed by atoms with Gasteiger partial charge < -0.3 is 29.9 Å². The van der Waals surface area contributed by atoms with Crippen LogP contribution in [0.3, 0.4) is 0 Å². The first kappa shape index (κ1) is 16.3. The maximum atomic E-state index is 10.9. The molecule has 2 aromatic rings. The molecule has 0 amide bonds. The third-order valence-electron chi connectivity index (χ3n) is 2.76. The average molecular weight is 331 g/mol. The van der Waals surface area contributed by atoms with E-state index in [1.165, 1.54) is 12.7 Å². The van der Waals surface area contributed by atoms with Crippen LogP contribution in [0.1, 0.15) is 0 Å². The van der Waals surface area contributed by atoms with Crippen LogP contribution in [0.2, 0.25) is 0 Å². The summed E-state index contributed by atoms with van der Waals surface area (Å²) in [6, 6.07) is 0. The van der Waals surface area contributed by atoms with Crippen LogP contribution in [0.25, 0.3) is 11.2 Å². The minimum atomic E-state index is -4.48. The van der Waals surface area contributed by atoms with Gasteiger partial charge in [-0.15, -0.1) is 0 Å². The second-order valence-corrected chi connectivity index (χ2v) is 6.11. The Bertz CT molecular complexity index is 728. The SMILES string of the molecule is Nc1ncnc2c1ncn2CCO[C@H](CP(=O)(O)O)C(=O)O. The van der Waals surface area contributed by atoms with Gasteiger partial charge in [0, 0.05) is 6.54 Å². The average Bonchev–Trinajstić information content (AvgIpc) is 2.81. The molecule has 0 fully saturated rings. The Hall–Kier alpha value is -2.07. The largest absolute Gasteiger partial charge is 0.479 e. The Kier molecular flexibility index (Phi) is 4.71. The first-order valence-corrected chi connectivity index (χ1v) is 7.88. The van der Waals surface area contributed by atoms with Crippen molar-refractivity contribution in [3.63, 3.8) is 0 Å². The fraction of sp³-hybridized carbons (Fsp3) is 0.400. The standard InChI is InChI=1S/C10H14N5O6P/c11-8-7-9(13-4-12-8)15(5-14-7)1-2-21-6(10(16)17)3-22(18,19)20/h4-6H,1-3H2,(H,16,17)(H2,11,12,13)(H2,18,19,20)/t6-/m1/s1. The number of hydrogen-bond acceptors (Lipinski definition) is 7. The number of carboxylic acids is 1. The zero-order valence-electron chi connectivity index (χ0n) is 11.2. The molecule has 22 heavy (non-hydrogen) atoms. The van der Waals surface area contributed by atoms with Crippen molar-refractivity contribution in [2.45, 2.75) is 12.6 Å². The van der Waals surface area contributed by atoms with E-state index in [0.29, 0.717) is 11.2 Å². The van der Waals surface area contributed by atoms with Gasteiger partial charge in [0.15, 0.2) is 17.6 Å². The molecule has 12 heteroatoms. The molecule has 0 saturated carbocycles. The van der Waals surface area contributed by atoms with E-state index in [-0.39, 0.29) is 19.0 Å². The number of carbonyl (C=O) groups is 1. The van der Waals surface area contributed by atoms with Crippen molar-refractivity contribution in [2.24, 2.45) is 0 Å². The highest BCUT2D eigenvalue weighted by atomic mass is 31.2. The smallest absolute Gasteiger partial charge is 0.333 e. The van der Waals surface area contributed by atoms with Gasteiger partial charge in [0.2, 0.25) is 0 Å². The zero-order chi connectivity index (χ0) is 16.3. The first-order valence-electron chi connectivity index (χ1n) is 6.08. The fourth-order valence-corrected chi connectivity index (χ4v) is 2.47. The second kappa shape index (κ2) is 6.36. The van der Waals surface area contributed by atoms with Crippen LogP contribution in [-0.2, 0) is 20.6 Å². The molecule has 2 rings (SSSR count). The van der Waals surface area contributed by atoms with E-state index in [9.17, 15) is 9.36 Å². The lowest BCUT2D eigenvalue weighted by Gasteiger charge is -2.14. The predicted molar refractivity (Wildman–Crippen MR) is 74.0 cm³/mol. The number of aliphatic carboxylic acids is 1. The summed E-state index contributed by atoms with van der Waals surface area (Å²) < 4.78 is 17.4. The maximum absolute atomic E-state index is 10.9. The van der Waals surface area contributed by atoms with Crippen molar-refractivity contribution in [1.29, 1.82) is 0 Å². The molecule has 0 aliphatic heterocycles. The lowest BCUT2D eigenvalue weighted by molar-refractivity contribution is -0.149. The normalized spacial score (nSPS) is 13.4. The molecular formula is C10H14N5O6P. The van der Waals surface area contributed by atoms with Gasteiger partial charge >= 0.3 is 13.6 Å². The van der Waals surface area contributed by atoms with Crippen LogP contribution < -0.4 is 5.73 Å². The van der Waals surface area contributed by atoms with E-state index in [4.69, 9.17) is 25.4 Å². The van der Waals surface area contributed by atoms with Crippen molar-refractivity contribution in [3.05, 3.63) is 12.7 Å². The molecule has 2 aromatic heterocycles. The molecule has 0 radical (unpaired) electrons. The maximum Gasteiger partial charge on any atom is 0.333 e. The predicted octanol–water partition coefficient (Wildman–Crippen LogP) is -0.944. The fourth-order valence-electron chi connectivity index (χ4n) is 1.77. The Morgan fingerprint density at radius 2 is 2.14 bits per heavy atom. The van der Waals surface area contributed by atoms with Crippen LogP contribution in [0.5, 0.6) is 0 Å². The Labute approximate surface area is 123 Å². The minimum absolute atomic E-state index is 0.0909. The molecule has 0 aromatic carbocycles. The molecule has 5 N–H and O–H groups in total. The summed E-state index contributed by atoms with van der Waals surface area (Å²) in [5, 5.41) is 8.88. The van der Waals surface area contributed by atoms with Gasteiger partial charge in [-0.3, -0.25) is 4.57 Å². The molecule has 0 unspecified atom stereocenters. The van der Waals surface area contributed by atoms with Crippen LogP contribution in [-0.4, -0.2) is 59.3 Å². The lowest BCUT2D eigenvalue weighted by Crippen LogP contribution is -2.29. The number of fused-ring (bicyclic) bond motifs is 1. The highest BCUT2D eigenvalue weighted by molar-refractivity contribution is 7.51. The van der Waals surface area contributed by atoms with E-state index >= 15 is 0 Å². The summed E-state index contributed by atoms with van der Waals surface area (Å²) in [5.41, 5.74) is 6.50. The van der Waals surface area contributed by atoms with Crippen molar-refractivity contribution in [1.82, 2.24) is 19.5 Å². The second-order valence-electron chi connectivity index (χ2n) is 4.41. The number of nitrogen functional groups attached to an aromatic ring is 1. The van der Waals surface area contributed by atoms with Crippen LogP contribution >= 0.6 is 7.60 Å². The number of ether oxygens (including phenoxy) is 1. The molecule has 0 saturated heterocycles. The van der Waals surface area contributed by atoms with E-state index in [1.54, 1.807) is 4.57 Å². The highest BCUT2D eigenvalue weighted by Crippen LogP contribution is 2.35. The number of carboxylic acid groups (broad SMARTS) is 1. The van der Waals surface area contributed by atoms with E-state index in [0.717, 1.165) is 0 Å². The number of anilines is 1. The molecule has 2 heterocycles. The van der Waals surface area contributed by atoms with Crippen molar-refractivity contribution >= 4 is 30.5 Å². The van der Waals surface area contributed by atoms with Crippen LogP contribution in [0, 0.1) is 0 Å². The van der Waals surface area contributed by atoms with Gasteiger partial charge in [-0.2, -0.15) is 0 Å². The molecule has 0 aliphatic carbocycles. The molecular weight excluding hydrogens is 317 g/mol. The molecule has 1 atom stereocenters. The summed E-state index contributed by atoms with van der Waals surface area (Å²) in [6.07, 6.45) is 0.236. The first-order chi connectivity index (χ1) is 10.3. The third-order valence-corrected chi connectivity index (χ3v) is 3.57. The Morgan fingerprint density at radius 1 is 1.41 bits per heavy atom. The summed E-state index contributed by atoms with van der Waals surface area (Å²) in [7, 11) is -4.48. The number of aromatic nitrogens is 4. The summed E-state index contributed by atoms with van der Waals surface area (Å²) in [5.74, 6) is -1.22. The summed E-state index contributed by atoms with van der Waals surface area (Å²) in [4.78, 5) is 40.4. The van der Waals surface area contributed by atoms with Gasteiger partial charge in [-0.05, 0) is 0 Å². The van der Waals surface area contributed by atoms with Gasteiger partial charge in [0.25, 0.3) is 0 Å². The van der Waals surface area contributed by atoms with Crippen molar-refractivity contribution in [3.8, 4) is 0 Å². The Morgan fingerprint density at radius 3 is 2.77 bits per heavy atom. The molecule has 11 nitrogen and oxygen atoms in total. The Balaban J connectivity index is 2.01. The number of nitrogens with two attached hydrogens (primary N) is 1. The minimum Gasteiger partial charge on any atom is -0.479 e. The van der Waals surface area contributed by atoms with Crippen LogP contribution in [0.15, 0.2) is 12.7 Å². The van der Waals surface area contributed by atoms with Crippen LogP contribution in [0.4, 0.5) is 5.82 Å². The molecule has 120 valence electrons. The topological polar surface area (TPSA) is 174 Å². The number of imidazole rings is 1. The number of hydrogen-bond donors (Lipinski definition) is 4. The van der Waals surface area contributed by atoms with Gasteiger partial charge in [0.05, 0.1) is 19.1 Å². The van der Waals surface area contributed by atoms with Gasteiger partial charge in [0.1, 0.15) is 11.8 Å². The lowest BCUT2D eigenvalue weighted by atomic mass is 10.4. The monoisotopic (exact) mass is 331 g/mol. The third kappa shape index (κ3) is 3.98. The van der Waals surface area contributed by atoms with Gasteiger partial charge in [-0.1, -0.05) is 0 Å². The zero-order valence-corrected chi connectivity index (χ0v) is 12.1. The van der Waals surface area contributed by atoms with E-state index in [2.05, 4.69) is 15.0 Å². The number of nitrogens with zero attached hydrogens (tertiary/aromatic N) is 4. The van der Waals surface area contributed by atoms with Gasteiger partial charge in [-0.25, -0.2) is 19.7 Å². The van der Waals surface area contributed by atoms with Crippen molar-refractivity contribution in [2.75, 3.05) is 18.5 Å². The molecule has 0 bridgehead atoms. The molecule has 0 spiro atoms. The highest BCUT2D eigenvalue weighted by Gasteiger charge is 2.27. The van der Waals surface area contributed by atoms with Crippen molar-refractivity contribution < 1.29 is 29.0 Å². The number of rotatable bonds is 7. The molecule has 0 aliphatic rings.